The molecule has 0 unspecified atom stereocenters. The van der Waals surface area contributed by atoms with Gasteiger partial charge in [0.25, 0.3) is 5.56 Å². The number of carboxylic acid groups (broad SMARTS) is 1. The van der Waals surface area contributed by atoms with Crippen molar-refractivity contribution >= 4 is 23.5 Å². The molecule has 0 bridgehead atoms. The maximum atomic E-state index is 12.8. The van der Waals surface area contributed by atoms with Gasteiger partial charge in [0.2, 0.25) is 5.91 Å². The van der Waals surface area contributed by atoms with Gasteiger partial charge in [-0.3, -0.25) is 14.2 Å². The number of carbonyl (C=O) groups excluding carboxylic acids is 1. The highest BCUT2D eigenvalue weighted by molar-refractivity contribution is 6.30. The number of nitrogens with one attached hydrogen (secondary N) is 1. The number of aryl methyl sites for hydroxylation is 1. The molecule has 29 heavy (non-hydrogen) atoms. The van der Waals surface area contributed by atoms with Crippen LogP contribution in [0.2, 0.25) is 5.02 Å². The van der Waals surface area contributed by atoms with E-state index in [-0.39, 0.29) is 12.1 Å². The SMILES string of the molecule is CCCCCc1nc(-c2ccc(Cl)cc2)cc(=O)n1CC(=O)NC(C)(C)C(=O)O. The van der Waals surface area contributed by atoms with E-state index in [1.807, 2.05) is 0 Å². The average Bonchev–Trinajstić information content (AvgIpc) is 2.64. The lowest BCUT2D eigenvalue weighted by atomic mass is 10.1. The Morgan fingerprint density at radius 2 is 1.86 bits per heavy atom. The molecule has 0 spiro atoms. The molecule has 0 atom stereocenters. The van der Waals surface area contributed by atoms with Gasteiger partial charge in [-0.1, -0.05) is 43.5 Å². The highest BCUT2D eigenvalue weighted by Crippen LogP contribution is 2.19. The van der Waals surface area contributed by atoms with E-state index in [1.54, 1.807) is 24.3 Å². The summed E-state index contributed by atoms with van der Waals surface area (Å²) in [7, 11) is 0. The number of rotatable bonds is 9. The molecule has 0 saturated heterocycles. The fourth-order valence-electron chi connectivity index (χ4n) is 2.80. The molecule has 0 fully saturated rings. The molecule has 1 heterocycles. The van der Waals surface area contributed by atoms with Crippen molar-refractivity contribution in [2.24, 2.45) is 0 Å². The van der Waals surface area contributed by atoms with Gasteiger partial charge in [0.1, 0.15) is 17.9 Å². The number of hydrogen-bond acceptors (Lipinski definition) is 4. The van der Waals surface area contributed by atoms with Crippen LogP contribution in [0.3, 0.4) is 0 Å². The first-order valence-electron chi connectivity index (χ1n) is 9.55. The van der Waals surface area contributed by atoms with Crippen LogP contribution < -0.4 is 10.9 Å². The first-order valence-corrected chi connectivity index (χ1v) is 9.93. The second-order valence-corrected chi connectivity index (χ2v) is 7.86. The number of carboxylic acids is 1. The Morgan fingerprint density at radius 1 is 1.21 bits per heavy atom. The van der Waals surface area contributed by atoms with Crippen LogP contribution in [0.25, 0.3) is 11.3 Å². The number of halogens is 1. The Morgan fingerprint density at radius 3 is 2.45 bits per heavy atom. The fraction of sp³-hybridized carbons (Fsp3) is 0.429. The Hall–Kier alpha value is -2.67. The van der Waals surface area contributed by atoms with Crippen molar-refractivity contribution in [1.29, 1.82) is 0 Å². The van der Waals surface area contributed by atoms with Crippen LogP contribution in [0.4, 0.5) is 0 Å². The number of benzene rings is 1. The second kappa shape index (κ2) is 9.69. The summed E-state index contributed by atoms with van der Waals surface area (Å²) in [6.07, 6.45) is 3.35. The van der Waals surface area contributed by atoms with Crippen molar-refractivity contribution in [3.05, 3.63) is 51.5 Å². The minimum absolute atomic E-state index is 0.287. The van der Waals surface area contributed by atoms with Gasteiger partial charge in [0, 0.05) is 23.1 Å². The Kier molecular flexibility index (Phi) is 7.56. The van der Waals surface area contributed by atoms with Gasteiger partial charge in [-0.15, -0.1) is 0 Å². The number of aliphatic carboxylic acids is 1. The predicted octanol–water partition coefficient (Wildman–Crippen LogP) is 3.28. The highest BCUT2D eigenvalue weighted by atomic mass is 35.5. The third-order valence-electron chi connectivity index (χ3n) is 4.52. The second-order valence-electron chi connectivity index (χ2n) is 7.42. The van der Waals surface area contributed by atoms with Gasteiger partial charge in [-0.05, 0) is 32.4 Å². The summed E-state index contributed by atoms with van der Waals surface area (Å²) in [4.78, 5) is 41.0. The summed E-state index contributed by atoms with van der Waals surface area (Å²) < 4.78 is 1.31. The summed E-state index contributed by atoms with van der Waals surface area (Å²) in [6.45, 7) is 4.57. The van der Waals surface area contributed by atoms with Gasteiger partial charge in [0.05, 0.1) is 5.69 Å². The van der Waals surface area contributed by atoms with Crippen LogP contribution in [0, 0.1) is 0 Å². The van der Waals surface area contributed by atoms with Crippen molar-refractivity contribution in [2.75, 3.05) is 0 Å². The average molecular weight is 420 g/mol. The van der Waals surface area contributed by atoms with E-state index < -0.39 is 17.4 Å². The maximum Gasteiger partial charge on any atom is 0.328 e. The lowest BCUT2D eigenvalue weighted by molar-refractivity contribution is -0.146. The third kappa shape index (κ3) is 6.15. The normalized spacial score (nSPS) is 11.3. The molecule has 2 rings (SSSR count). The van der Waals surface area contributed by atoms with E-state index >= 15 is 0 Å². The topological polar surface area (TPSA) is 101 Å². The lowest BCUT2D eigenvalue weighted by Gasteiger charge is -2.22. The predicted molar refractivity (Wildman–Crippen MR) is 112 cm³/mol. The van der Waals surface area contributed by atoms with Gasteiger partial charge in [0.15, 0.2) is 0 Å². The van der Waals surface area contributed by atoms with Gasteiger partial charge in [-0.2, -0.15) is 0 Å². The summed E-state index contributed by atoms with van der Waals surface area (Å²) >= 11 is 5.93. The molecule has 0 aliphatic carbocycles. The molecule has 8 heteroatoms. The Labute approximate surface area is 174 Å². The lowest BCUT2D eigenvalue weighted by Crippen LogP contribution is -2.51. The zero-order valence-electron chi connectivity index (χ0n) is 16.9. The van der Waals surface area contributed by atoms with E-state index in [0.29, 0.717) is 23.0 Å². The van der Waals surface area contributed by atoms with Crippen LogP contribution in [0.5, 0.6) is 0 Å². The van der Waals surface area contributed by atoms with E-state index in [2.05, 4.69) is 17.2 Å². The summed E-state index contributed by atoms with van der Waals surface area (Å²) in [5.74, 6) is -1.21. The first kappa shape index (κ1) is 22.6. The number of carbonyl (C=O) groups is 2. The molecule has 0 aliphatic heterocycles. The molecular formula is C21H26ClN3O4. The number of nitrogens with zero attached hydrogens (tertiary/aromatic N) is 2. The number of unbranched alkanes of at least 4 members (excludes halogenated alkanes) is 2. The molecule has 0 aliphatic rings. The standard InChI is InChI=1S/C21H26ClN3O4/c1-4-5-6-7-17-23-16(14-8-10-15(22)11-9-14)12-19(27)25(17)13-18(26)24-21(2,3)20(28)29/h8-12H,4-7,13H2,1-3H3,(H,24,26)(H,28,29). The maximum absolute atomic E-state index is 12.8. The first-order chi connectivity index (χ1) is 13.6. The summed E-state index contributed by atoms with van der Waals surface area (Å²) in [5, 5.41) is 12.2. The van der Waals surface area contributed by atoms with Crippen molar-refractivity contribution in [1.82, 2.24) is 14.9 Å². The minimum Gasteiger partial charge on any atom is -0.480 e. The molecule has 0 radical (unpaired) electrons. The minimum atomic E-state index is -1.43. The molecule has 2 N–H and O–H groups in total. The Balaban J connectivity index is 2.36. The number of hydrogen-bond donors (Lipinski definition) is 2. The summed E-state index contributed by atoms with van der Waals surface area (Å²) in [6, 6.07) is 8.39. The smallest absolute Gasteiger partial charge is 0.328 e. The molecule has 1 aromatic heterocycles. The molecule has 0 saturated carbocycles. The van der Waals surface area contributed by atoms with Crippen molar-refractivity contribution in [2.45, 2.75) is 58.5 Å². The van der Waals surface area contributed by atoms with Crippen LogP contribution in [0.15, 0.2) is 35.1 Å². The monoisotopic (exact) mass is 419 g/mol. The van der Waals surface area contributed by atoms with Gasteiger partial charge in [-0.25, -0.2) is 9.78 Å². The third-order valence-corrected chi connectivity index (χ3v) is 4.77. The van der Waals surface area contributed by atoms with E-state index in [1.165, 1.54) is 24.5 Å². The number of aromatic nitrogens is 2. The van der Waals surface area contributed by atoms with Gasteiger partial charge < -0.3 is 10.4 Å². The molecule has 2 aromatic rings. The molecule has 1 aromatic carbocycles. The van der Waals surface area contributed by atoms with Crippen LogP contribution in [0.1, 0.15) is 45.9 Å². The number of amides is 1. The molecular weight excluding hydrogens is 394 g/mol. The highest BCUT2D eigenvalue weighted by Gasteiger charge is 2.29. The fourth-order valence-corrected chi connectivity index (χ4v) is 2.93. The van der Waals surface area contributed by atoms with Crippen molar-refractivity contribution in [3.63, 3.8) is 0 Å². The van der Waals surface area contributed by atoms with E-state index in [9.17, 15) is 19.5 Å². The van der Waals surface area contributed by atoms with Gasteiger partial charge >= 0.3 is 5.97 Å². The van der Waals surface area contributed by atoms with Crippen LogP contribution in [-0.4, -0.2) is 32.1 Å². The molecule has 1 amide bonds. The van der Waals surface area contributed by atoms with Crippen LogP contribution in [-0.2, 0) is 22.6 Å². The van der Waals surface area contributed by atoms with E-state index in [0.717, 1.165) is 24.8 Å². The zero-order chi connectivity index (χ0) is 21.6. The van der Waals surface area contributed by atoms with Crippen molar-refractivity contribution < 1.29 is 14.7 Å². The molecule has 156 valence electrons. The largest absolute Gasteiger partial charge is 0.480 e. The summed E-state index contributed by atoms with van der Waals surface area (Å²) in [5.41, 5.74) is -0.521. The molecule has 7 nitrogen and oxygen atoms in total. The van der Waals surface area contributed by atoms with E-state index in [4.69, 9.17) is 11.6 Å². The van der Waals surface area contributed by atoms with Crippen molar-refractivity contribution in [3.8, 4) is 11.3 Å². The zero-order valence-corrected chi connectivity index (χ0v) is 17.6. The van der Waals surface area contributed by atoms with Crippen LogP contribution >= 0.6 is 11.6 Å². The quantitative estimate of drug-likeness (QED) is 0.607. The Bertz CT molecular complexity index is 936.